The molecule has 34 heavy (non-hydrogen) atoms. The summed E-state index contributed by atoms with van der Waals surface area (Å²) in [6.07, 6.45) is 0.999. The smallest absolute Gasteiger partial charge is 0.341 e. The van der Waals surface area contributed by atoms with E-state index in [1.165, 1.54) is 21.7 Å². The van der Waals surface area contributed by atoms with E-state index in [4.69, 9.17) is 6.57 Å². The second kappa shape index (κ2) is 11.0. The van der Waals surface area contributed by atoms with Crippen LogP contribution < -0.4 is 10.7 Å². The highest BCUT2D eigenvalue weighted by atomic mass is 32.2. The molecule has 2 N–H and O–H groups in total. The van der Waals surface area contributed by atoms with Gasteiger partial charge in [-0.3, -0.25) is 4.99 Å². The maximum atomic E-state index is 14.6. The van der Waals surface area contributed by atoms with E-state index in [0.717, 1.165) is 23.8 Å². The van der Waals surface area contributed by atoms with Crippen molar-refractivity contribution in [3.63, 3.8) is 0 Å². The molecule has 0 radical (unpaired) electrons. The number of carbonyl (C=O) groups is 1. The minimum absolute atomic E-state index is 0.000790. The number of hydrazone groups is 1. The Bertz CT molecular complexity index is 1130. The van der Waals surface area contributed by atoms with E-state index < -0.39 is 16.5 Å². The molecule has 2 aromatic carbocycles. The summed E-state index contributed by atoms with van der Waals surface area (Å²) < 4.78 is 28.6. The van der Waals surface area contributed by atoms with Gasteiger partial charge >= 0.3 is 6.03 Å². The zero-order valence-electron chi connectivity index (χ0n) is 19.0. The number of benzene rings is 2. The van der Waals surface area contributed by atoms with Gasteiger partial charge in [0.05, 0.1) is 0 Å². The van der Waals surface area contributed by atoms with Gasteiger partial charge in [-0.05, 0) is 36.6 Å². The highest BCUT2D eigenvalue weighted by Gasteiger charge is 2.49. The number of rotatable bonds is 6. The van der Waals surface area contributed by atoms with Crippen molar-refractivity contribution in [2.75, 3.05) is 27.7 Å². The first kappa shape index (κ1) is 25.0. The summed E-state index contributed by atoms with van der Waals surface area (Å²) in [7, 11) is 4.78. The molecule has 2 aromatic rings. The van der Waals surface area contributed by atoms with Gasteiger partial charge in [-0.2, -0.15) is 21.6 Å². The van der Waals surface area contributed by atoms with Crippen LogP contribution in [-0.2, 0) is 4.87 Å². The summed E-state index contributed by atoms with van der Waals surface area (Å²) in [5, 5.41) is 9.10. The van der Waals surface area contributed by atoms with E-state index in [-0.39, 0.29) is 16.6 Å². The third-order valence-electron chi connectivity index (χ3n) is 5.12. The maximum absolute atomic E-state index is 14.6. The highest BCUT2D eigenvalue weighted by molar-refractivity contribution is 8.15. The summed E-state index contributed by atoms with van der Waals surface area (Å²) in [6, 6.07) is 12.1. The summed E-state index contributed by atoms with van der Waals surface area (Å²) in [4.78, 5) is 20.7. The number of halogens is 2. The number of nitrogens with one attached hydrogen (secondary N) is 2. The van der Waals surface area contributed by atoms with E-state index in [9.17, 15) is 13.6 Å². The third-order valence-corrected chi connectivity index (χ3v) is 6.56. The molecule has 0 aliphatic carbocycles. The van der Waals surface area contributed by atoms with Crippen LogP contribution in [0.4, 0.5) is 13.6 Å². The van der Waals surface area contributed by atoms with Crippen molar-refractivity contribution in [2.24, 2.45) is 10.1 Å². The van der Waals surface area contributed by atoms with Gasteiger partial charge in [-0.25, -0.2) is 13.6 Å². The summed E-state index contributed by atoms with van der Waals surface area (Å²) in [5.41, 5.74) is 3.24. The molecule has 1 atom stereocenters. The van der Waals surface area contributed by atoms with Gasteiger partial charge in [0.1, 0.15) is 21.5 Å². The van der Waals surface area contributed by atoms with E-state index in [1.54, 1.807) is 21.1 Å². The number of amides is 2. The lowest BCUT2D eigenvalue weighted by Gasteiger charge is -2.37. The molecule has 0 saturated heterocycles. The number of guanidine groups is 1. The van der Waals surface area contributed by atoms with Crippen molar-refractivity contribution in [3.8, 4) is 0 Å². The molecule has 0 aromatic heterocycles. The molecule has 2 amide bonds. The van der Waals surface area contributed by atoms with Crippen molar-refractivity contribution in [3.05, 3.63) is 82.8 Å². The Labute approximate surface area is 201 Å². The molecule has 8 nitrogen and oxygen atoms in total. The SMILES string of the molecule is [C-]#[N+]NC(=NC)NCCCC1(c2ccccc2)SC(c2cc(F)ccc2F)=NN1C(=O)N(C)C. The number of aliphatic imine (C=N–C) groups is 1. The highest BCUT2D eigenvalue weighted by Crippen LogP contribution is 2.50. The van der Waals surface area contributed by atoms with Gasteiger partial charge in [-0.1, -0.05) is 47.5 Å². The van der Waals surface area contributed by atoms with Crippen LogP contribution in [0.2, 0.25) is 0 Å². The molecule has 1 unspecified atom stereocenters. The van der Waals surface area contributed by atoms with Crippen LogP contribution in [0.1, 0.15) is 24.0 Å². The molecule has 0 bridgehead atoms. The average Bonchev–Trinajstić information content (AvgIpc) is 3.23. The molecule has 1 aliphatic heterocycles. The number of hydrogen-bond acceptors (Lipinski definition) is 4. The maximum Gasteiger partial charge on any atom is 0.341 e. The van der Waals surface area contributed by atoms with Crippen LogP contribution in [0, 0.1) is 18.2 Å². The number of hydrogen-bond donors (Lipinski definition) is 2. The number of nitrogens with zero attached hydrogens (tertiary/aromatic N) is 5. The minimum Gasteiger partial charge on any atom is -0.351 e. The Morgan fingerprint density at radius 1 is 1.26 bits per heavy atom. The normalized spacial score (nSPS) is 17.7. The van der Waals surface area contributed by atoms with E-state index in [1.807, 2.05) is 30.3 Å². The number of urea groups is 1. The number of carbonyl (C=O) groups excluding carboxylic acids is 1. The molecule has 0 saturated carbocycles. The van der Waals surface area contributed by atoms with Crippen LogP contribution in [0.15, 0.2) is 58.6 Å². The molecular weight excluding hydrogens is 460 g/mol. The zero-order chi connectivity index (χ0) is 24.7. The van der Waals surface area contributed by atoms with Crippen molar-refractivity contribution in [1.82, 2.24) is 20.7 Å². The lowest BCUT2D eigenvalue weighted by molar-refractivity contribution is 0.138. The van der Waals surface area contributed by atoms with Crippen molar-refractivity contribution >= 4 is 28.8 Å². The first-order valence-corrected chi connectivity index (χ1v) is 11.3. The first-order chi connectivity index (χ1) is 16.3. The Morgan fingerprint density at radius 2 is 2.00 bits per heavy atom. The predicted octanol–water partition coefficient (Wildman–Crippen LogP) is 3.99. The van der Waals surface area contributed by atoms with Gasteiger partial charge < -0.3 is 10.2 Å². The summed E-state index contributed by atoms with van der Waals surface area (Å²) in [5.74, 6) is -0.877. The number of thioether (sulfide) groups is 1. The topological polar surface area (TPSA) is 76.7 Å². The monoisotopic (exact) mass is 485 g/mol. The van der Waals surface area contributed by atoms with Crippen LogP contribution >= 0.6 is 11.8 Å². The Balaban J connectivity index is 2.00. The molecule has 178 valence electrons. The van der Waals surface area contributed by atoms with Crippen LogP contribution in [0.3, 0.4) is 0 Å². The van der Waals surface area contributed by atoms with Crippen LogP contribution in [0.5, 0.6) is 0 Å². The fraction of sp³-hybridized carbons (Fsp3) is 0.304. The van der Waals surface area contributed by atoms with E-state index in [0.29, 0.717) is 25.3 Å². The van der Waals surface area contributed by atoms with E-state index in [2.05, 4.69) is 25.8 Å². The second-order valence-electron chi connectivity index (χ2n) is 7.60. The van der Waals surface area contributed by atoms with Crippen LogP contribution in [0.25, 0.3) is 4.95 Å². The Kier molecular flexibility index (Phi) is 8.07. The van der Waals surface area contributed by atoms with Crippen molar-refractivity contribution in [1.29, 1.82) is 0 Å². The first-order valence-electron chi connectivity index (χ1n) is 10.5. The molecule has 11 heteroatoms. The van der Waals surface area contributed by atoms with Crippen molar-refractivity contribution < 1.29 is 13.6 Å². The average molecular weight is 486 g/mol. The summed E-state index contributed by atoms with van der Waals surface area (Å²) >= 11 is 1.22. The van der Waals surface area contributed by atoms with Gasteiger partial charge in [0.2, 0.25) is 0 Å². The molecule has 3 rings (SSSR count). The standard InChI is InChI=1S/C23H25F2N7OS/c1-26-21(29-27-2)28-14-8-13-23(16-9-6-5-7-10-16)32(22(33)31(3)4)30-20(34-23)18-15-17(24)11-12-19(18)25/h5-7,9-12,15H,8,13-14H2,1,3-4H3,(H2,26,28,29). The van der Waals surface area contributed by atoms with Gasteiger partial charge in [-0.15, -0.1) is 0 Å². The van der Waals surface area contributed by atoms with Crippen LogP contribution in [-0.4, -0.2) is 54.6 Å². The second-order valence-corrected chi connectivity index (χ2v) is 8.86. The van der Waals surface area contributed by atoms with Crippen molar-refractivity contribution in [2.45, 2.75) is 17.7 Å². The predicted molar refractivity (Wildman–Crippen MR) is 130 cm³/mol. The van der Waals surface area contributed by atoms with Gasteiger partial charge in [0.25, 0.3) is 5.96 Å². The molecule has 0 spiro atoms. The minimum atomic E-state index is -0.991. The van der Waals surface area contributed by atoms with Gasteiger partial charge in [0.15, 0.2) is 0 Å². The largest absolute Gasteiger partial charge is 0.351 e. The Morgan fingerprint density at radius 3 is 2.65 bits per heavy atom. The van der Waals surface area contributed by atoms with E-state index >= 15 is 0 Å². The summed E-state index contributed by atoms with van der Waals surface area (Å²) in [6.45, 7) is 7.37. The Hall–Kier alpha value is -3.65. The lowest BCUT2D eigenvalue weighted by atomic mass is 10.0. The molecular formula is C23H25F2N7OS. The zero-order valence-corrected chi connectivity index (χ0v) is 19.9. The fourth-order valence-electron chi connectivity index (χ4n) is 3.49. The fourth-order valence-corrected chi connectivity index (χ4v) is 4.90. The molecule has 1 aliphatic rings. The molecule has 1 heterocycles. The van der Waals surface area contributed by atoms with Gasteiger partial charge in [0, 0.05) is 33.3 Å². The lowest BCUT2D eigenvalue weighted by Crippen LogP contribution is -2.46. The third kappa shape index (κ3) is 5.28. The molecule has 0 fully saturated rings. The quantitative estimate of drug-likeness (QED) is 0.213.